The van der Waals surface area contributed by atoms with Crippen LogP contribution in [-0.2, 0) is 4.79 Å². The molecule has 0 saturated heterocycles. The summed E-state index contributed by atoms with van der Waals surface area (Å²) in [6.07, 6.45) is 5.65. The predicted molar refractivity (Wildman–Crippen MR) is 99.2 cm³/mol. The van der Waals surface area contributed by atoms with Gasteiger partial charge in [0.25, 0.3) is 0 Å². The van der Waals surface area contributed by atoms with Crippen LogP contribution < -0.4 is 10.1 Å². The molecule has 0 unspecified atom stereocenters. The molecule has 27 heavy (non-hydrogen) atoms. The van der Waals surface area contributed by atoms with Crippen LogP contribution in [0.5, 0.6) is 5.75 Å². The molecule has 1 aromatic carbocycles. The zero-order chi connectivity index (χ0) is 18.6. The summed E-state index contributed by atoms with van der Waals surface area (Å²) in [4.78, 5) is 29.6. The van der Waals surface area contributed by atoms with E-state index in [4.69, 9.17) is 4.74 Å². The van der Waals surface area contributed by atoms with E-state index in [-0.39, 0.29) is 29.6 Å². The van der Waals surface area contributed by atoms with Crippen LogP contribution in [0.4, 0.5) is 0 Å². The molecular weight excluding hydrogens is 340 g/mol. The van der Waals surface area contributed by atoms with Gasteiger partial charge >= 0.3 is 0 Å². The van der Waals surface area contributed by atoms with Crippen molar-refractivity contribution >= 4 is 11.7 Å². The van der Waals surface area contributed by atoms with Gasteiger partial charge in [0.05, 0.1) is 18.0 Å². The molecule has 2 fully saturated rings. The Bertz CT molecular complexity index is 913. The first-order valence-electron chi connectivity index (χ1n) is 9.61. The molecule has 2 saturated carbocycles. The topological polar surface area (TPSA) is 68.3 Å². The average Bonchev–Trinajstić information content (AvgIpc) is 3.34. The van der Waals surface area contributed by atoms with Crippen LogP contribution in [0.2, 0.25) is 0 Å². The van der Waals surface area contributed by atoms with Gasteiger partial charge in [-0.1, -0.05) is 12.1 Å². The maximum absolute atomic E-state index is 12.9. The van der Waals surface area contributed by atoms with Crippen LogP contribution in [-0.4, -0.2) is 22.3 Å². The van der Waals surface area contributed by atoms with Crippen molar-refractivity contribution in [1.29, 1.82) is 0 Å². The summed E-state index contributed by atoms with van der Waals surface area (Å²) in [7, 11) is 0. The highest BCUT2D eigenvalue weighted by atomic mass is 16.5. The average molecular weight is 362 g/mol. The number of nitrogens with one attached hydrogen (secondary N) is 1. The highest BCUT2D eigenvalue weighted by Crippen LogP contribution is 2.65. The quantitative estimate of drug-likeness (QED) is 0.909. The number of Topliss-reactive ketones (excluding diaryl/α,β-unsaturated/α-hetero) is 1. The molecule has 2 aliphatic carbocycles. The van der Waals surface area contributed by atoms with Crippen LogP contribution in [0.1, 0.15) is 48.1 Å². The van der Waals surface area contributed by atoms with E-state index < -0.39 is 5.60 Å². The Morgan fingerprint density at radius 1 is 1.26 bits per heavy atom. The third-order valence-corrected chi connectivity index (χ3v) is 6.50. The number of nitrogens with zero attached hydrogens (tertiary/aromatic N) is 1. The lowest BCUT2D eigenvalue weighted by molar-refractivity contribution is -0.124. The lowest BCUT2D eigenvalue weighted by atomic mass is 9.84. The number of carbonyl (C=O) groups is 2. The first-order chi connectivity index (χ1) is 13.1. The van der Waals surface area contributed by atoms with Gasteiger partial charge in [0, 0.05) is 24.2 Å². The Balaban J connectivity index is 1.33. The number of benzene rings is 1. The maximum Gasteiger partial charge on any atom is 0.224 e. The van der Waals surface area contributed by atoms with Crippen molar-refractivity contribution in [2.45, 2.75) is 37.8 Å². The molecule has 1 aliphatic heterocycles. The van der Waals surface area contributed by atoms with Gasteiger partial charge in [-0.25, -0.2) is 0 Å². The van der Waals surface area contributed by atoms with Crippen LogP contribution in [0.15, 0.2) is 48.8 Å². The highest BCUT2D eigenvalue weighted by molar-refractivity contribution is 6.00. The van der Waals surface area contributed by atoms with Crippen molar-refractivity contribution in [2.75, 3.05) is 0 Å². The SMILES string of the molecule is C[C@H](NC(=O)[C@@H]1[C@@H]2CC[C@]3(CC(=O)c4ccccc4O3)[C@H]21)c1ccncc1. The van der Waals surface area contributed by atoms with Gasteiger partial charge in [-0.05, 0) is 55.5 Å². The minimum absolute atomic E-state index is 0.0545. The lowest BCUT2D eigenvalue weighted by Crippen LogP contribution is -2.44. The standard InChI is InChI=1S/C22H22N2O3/c1-13(14-7-10-23-11-8-14)24-21(26)19-16-6-9-22(20(16)19)12-17(25)15-4-2-3-5-18(15)27-22/h2-5,7-8,10-11,13,16,19-20H,6,9,12H2,1H3,(H,24,26)/t13-,16-,19+,20+,22-/m0/s1. The Morgan fingerprint density at radius 3 is 2.85 bits per heavy atom. The van der Waals surface area contributed by atoms with E-state index in [2.05, 4.69) is 10.3 Å². The second-order valence-electron chi connectivity index (χ2n) is 8.03. The number of para-hydroxylation sites is 1. The van der Waals surface area contributed by atoms with Crippen molar-refractivity contribution < 1.29 is 14.3 Å². The summed E-state index contributed by atoms with van der Waals surface area (Å²) in [5, 5.41) is 3.13. The number of amides is 1. The normalized spacial score (nSPS) is 31.6. The number of hydrogen-bond donors (Lipinski definition) is 1. The Labute approximate surface area is 158 Å². The molecule has 0 bridgehead atoms. The predicted octanol–water partition coefficient (Wildman–Crippen LogP) is 3.32. The summed E-state index contributed by atoms with van der Waals surface area (Å²) in [5.41, 5.74) is 1.20. The molecule has 2 heterocycles. The summed E-state index contributed by atoms with van der Waals surface area (Å²) in [6, 6.07) is 11.2. The molecule has 138 valence electrons. The van der Waals surface area contributed by atoms with E-state index in [1.165, 1.54) is 0 Å². The molecule has 0 radical (unpaired) electrons. The van der Waals surface area contributed by atoms with Gasteiger partial charge in [-0.15, -0.1) is 0 Å². The minimum atomic E-state index is -0.502. The third-order valence-electron chi connectivity index (χ3n) is 6.50. The fourth-order valence-corrected chi connectivity index (χ4v) is 5.16. The number of pyridine rings is 1. The van der Waals surface area contributed by atoms with Crippen molar-refractivity contribution in [3.63, 3.8) is 0 Å². The zero-order valence-electron chi connectivity index (χ0n) is 15.2. The zero-order valence-corrected chi connectivity index (χ0v) is 15.2. The molecule has 1 aromatic heterocycles. The molecule has 1 N–H and O–H groups in total. The molecule has 1 spiro atoms. The smallest absolute Gasteiger partial charge is 0.224 e. The fourth-order valence-electron chi connectivity index (χ4n) is 5.16. The first kappa shape index (κ1) is 16.5. The second kappa shape index (κ2) is 5.91. The molecular formula is C22H22N2O3. The van der Waals surface area contributed by atoms with Gasteiger partial charge in [-0.3, -0.25) is 14.6 Å². The highest BCUT2D eigenvalue weighted by Gasteiger charge is 2.70. The van der Waals surface area contributed by atoms with Crippen molar-refractivity contribution in [3.8, 4) is 5.75 Å². The molecule has 2 aromatic rings. The number of aromatic nitrogens is 1. The van der Waals surface area contributed by atoms with Crippen LogP contribution in [0.3, 0.4) is 0 Å². The summed E-state index contributed by atoms with van der Waals surface area (Å²) >= 11 is 0. The van der Waals surface area contributed by atoms with Gasteiger partial charge in [0.15, 0.2) is 5.78 Å². The number of ketones is 1. The van der Waals surface area contributed by atoms with E-state index in [0.717, 1.165) is 18.4 Å². The summed E-state index contributed by atoms with van der Waals surface area (Å²) in [6.45, 7) is 1.98. The van der Waals surface area contributed by atoms with E-state index in [9.17, 15) is 9.59 Å². The van der Waals surface area contributed by atoms with E-state index >= 15 is 0 Å². The van der Waals surface area contributed by atoms with Gasteiger partial charge < -0.3 is 10.1 Å². The van der Waals surface area contributed by atoms with Crippen LogP contribution in [0, 0.1) is 17.8 Å². The van der Waals surface area contributed by atoms with E-state index in [1.54, 1.807) is 12.4 Å². The van der Waals surface area contributed by atoms with Crippen LogP contribution in [0.25, 0.3) is 0 Å². The van der Waals surface area contributed by atoms with E-state index in [0.29, 0.717) is 23.7 Å². The molecule has 5 nitrogen and oxygen atoms in total. The van der Waals surface area contributed by atoms with Gasteiger partial charge in [-0.2, -0.15) is 0 Å². The summed E-state index contributed by atoms with van der Waals surface area (Å²) in [5.74, 6) is 1.29. The molecule has 1 amide bonds. The van der Waals surface area contributed by atoms with E-state index in [1.807, 2.05) is 43.3 Å². The van der Waals surface area contributed by atoms with Crippen LogP contribution >= 0.6 is 0 Å². The Hall–Kier alpha value is -2.69. The Morgan fingerprint density at radius 2 is 2.04 bits per heavy atom. The fraction of sp³-hybridized carbons (Fsp3) is 0.409. The third kappa shape index (κ3) is 2.56. The number of hydrogen-bond acceptors (Lipinski definition) is 4. The van der Waals surface area contributed by atoms with Crippen molar-refractivity contribution in [2.24, 2.45) is 17.8 Å². The number of carbonyl (C=O) groups excluding carboxylic acids is 2. The minimum Gasteiger partial charge on any atom is -0.486 e. The summed E-state index contributed by atoms with van der Waals surface area (Å²) < 4.78 is 6.37. The number of rotatable bonds is 3. The molecule has 5 rings (SSSR count). The molecule has 5 heteroatoms. The lowest BCUT2D eigenvalue weighted by Gasteiger charge is -2.37. The monoisotopic (exact) mass is 362 g/mol. The van der Waals surface area contributed by atoms with Crippen molar-refractivity contribution in [1.82, 2.24) is 10.3 Å². The molecule has 5 atom stereocenters. The number of fused-ring (bicyclic) bond motifs is 3. The van der Waals surface area contributed by atoms with Gasteiger partial charge in [0.2, 0.25) is 5.91 Å². The Kier molecular flexibility index (Phi) is 3.61. The first-order valence-corrected chi connectivity index (χ1v) is 9.61. The largest absolute Gasteiger partial charge is 0.486 e. The maximum atomic E-state index is 12.9. The van der Waals surface area contributed by atoms with Crippen molar-refractivity contribution in [3.05, 3.63) is 59.9 Å². The number of ether oxygens (including phenoxy) is 1. The molecule has 3 aliphatic rings. The second-order valence-corrected chi connectivity index (χ2v) is 8.03. The van der Waals surface area contributed by atoms with Gasteiger partial charge in [0.1, 0.15) is 11.4 Å².